The molecule has 114 valence electrons. The van der Waals surface area contributed by atoms with Crippen LogP contribution in [0, 0.1) is 11.3 Å². The van der Waals surface area contributed by atoms with Crippen LogP contribution < -0.4 is 0 Å². The fourth-order valence-corrected chi connectivity index (χ4v) is 2.80. The van der Waals surface area contributed by atoms with Crippen LogP contribution in [0.4, 0.5) is 0 Å². The van der Waals surface area contributed by atoms with E-state index >= 15 is 0 Å². The van der Waals surface area contributed by atoms with Gasteiger partial charge in [0.15, 0.2) is 0 Å². The van der Waals surface area contributed by atoms with E-state index < -0.39 is 0 Å². The van der Waals surface area contributed by atoms with Gasteiger partial charge in [0.25, 0.3) is 0 Å². The average molecular weight is 304 g/mol. The number of hydrogen-bond acceptors (Lipinski definition) is 4. The Hall–Kier alpha value is -3.06. The molecule has 4 nitrogen and oxygen atoms in total. The summed E-state index contributed by atoms with van der Waals surface area (Å²) in [5.41, 5.74) is 3.32. The smallest absolute Gasteiger partial charge is 0.123 e. The normalized spacial score (nSPS) is 10.9. The molecule has 0 radical (unpaired) electrons. The largest absolute Gasteiger partial charge is 0.507 e. The van der Waals surface area contributed by atoms with E-state index in [-0.39, 0.29) is 17.4 Å². The molecule has 2 aromatic carbocycles. The summed E-state index contributed by atoms with van der Waals surface area (Å²) in [4.78, 5) is 4.25. The zero-order valence-electron chi connectivity index (χ0n) is 12.9. The summed E-state index contributed by atoms with van der Waals surface area (Å²) in [6, 6.07) is 12.6. The van der Waals surface area contributed by atoms with E-state index in [0.29, 0.717) is 16.7 Å². The fourth-order valence-electron chi connectivity index (χ4n) is 2.80. The lowest BCUT2D eigenvalue weighted by Crippen LogP contribution is -1.91. The predicted molar refractivity (Wildman–Crippen MR) is 89.3 cm³/mol. The maximum Gasteiger partial charge on any atom is 0.123 e. The van der Waals surface area contributed by atoms with E-state index in [4.69, 9.17) is 0 Å². The second-order valence-electron chi connectivity index (χ2n) is 5.79. The van der Waals surface area contributed by atoms with E-state index in [2.05, 4.69) is 11.1 Å². The van der Waals surface area contributed by atoms with Crippen LogP contribution in [0.1, 0.15) is 30.9 Å². The van der Waals surface area contributed by atoms with E-state index in [0.717, 1.165) is 16.5 Å². The lowest BCUT2D eigenvalue weighted by Gasteiger charge is -2.13. The monoisotopic (exact) mass is 304 g/mol. The number of fused-ring (bicyclic) bond motifs is 1. The van der Waals surface area contributed by atoms with Crippen molar-refractivity contribution < 1.29 is 10.2 Å². The standard InChI is InChI=1S/C19H16N2O2/c1-11(2)19-17(22)8-14(9-18(19)23)12-3-4-16-15(7-12)13(10-20)5-6-21-16/h3-9,11,22-23H,1-2H3. The van der Waals surface area contributed by atoms with Gasteiger partial charge in [0.2, 0.25) is 0 Å². The lowest BCUT2D eigenvalue weighted by atomic mass is 9.95. The number of aromatic hydroxyl groups is 2. The molecule has 0 unspecified atom stereocenters. The van der Waals surface area contributed by atoms with Crippen LogP contribution in [0.15, 0.2) is 42.6 Å². The fraction of sp³-hybridized carbons (Fsp3) is 0.158. The molecule has 1 aromatic heterocycles. The van der Waals surface area contributed by atoms with Crippen molar-refractivity contribution in [2.75, 3.05) is 0 Å². The molecule has 0 aliphatic heterocycles. The topological polar surface area (TPSA) is 77.1 Å². The van der Waals surface area contributed by atoms with Gasteiger partial charge in [-0.2, -0.15) is 5.26 Å². The van der Waals surface area contributed by atoms with E-state index in [1.807, 2.05) is 32.0 Å². The molecular formula is C19H16N2O2. The van der Waals surface area contributed by atoms with Crippen molar-refractivity contribution in [1.29, 1.82) is 5.26 Å². The number of aromatic nitrogens is 1. The Balaban J connectivity index is 2.20. The molecule has 0 bridgehead atoms. The van der Waals surface area contributed by atoms with Gasteiger partial charge in [0.1, 0.15) is 11.5 Å². The minimum Gasteiger partial charge on any atom is -0.507 e. The van der Waals surface area contributed by atoms with Crippen LogP contribution in [0.3, 0.4) is 0 Å². The van der Waals surface area contributed by atoms with Crippen molar-refractivity contribution in [3.05, 3.63) is 53.7 Å². The van der Waals surface area contributed by atoms with Gasteiger partial charge >= 0.3 is 0 Å². The predicted octanol–water partition coefficient (Wildman–Crippen LogP) is 4.31. The molecule has 0 aliphatic rings. The molecule has 0 aliphatic carbocycles. The van der Waals surface area contributed by atoms with Gasteiger partial charge in [-0.1, -0.05) is 19.9 Å². The zero-order valence-corrected chi connectivity index (χ0v) is 12.9. The first kappa shape index (κ1) is 14.9. The van der Waals surface area contributed by atoms with Gasteiger partial charge in [0, 0.05) is 17.1 Å². The third-order valence-electron chi connectivity index (χ3n) is 3.91. The zero-order chi connectivity index (χ0) is 16.6. The van der Waals surface area contributed by atoms with Gasteiger partial charge in [0.05, 0.1) is 17.1 Å². The molecule has 2 N–H and O–H groups in total. The van der Waals surface area contributed by atoms with Crippen molar-refractivity contribution in [2.24, 2.45) is 0 Å². The highest BCUT2D eigenvalue weighted by molar-refractivity contribution is 5.89. The summed E-state index contributed by atoms with van der Waals surface area (Å²) in [5.74, 6) is 0.165. The molecule has 3 rings (SSSR count). The molecule has 0 spiro atoms. The average Bonchev–Trinajstić information content (AvgIpc) is 2.52. The number of phenolic OH excluding ortho intramolecular Hbond substituents is 2. The van der Waals surface area contributed by atoms with E-state index in [1.54, 1.807) is 24.4 Å². The molecule has 1 heterocycles. The Morgan fingerprint density at radius 1 is 1.00 bits per heavy atom. The maximum absolute atomic E-state index is 10.2. The molecule has 4 heteroatoms. The molecule has 0 amide bonds. The SMILES string of the molecule is CC(C)c1c(O)cc(-c2ccc3nccc(C#N)c3c2)cc1O. The van der Waals surface area contributed by atoms with E-state index in [9.17, 15) is 15.5 Å². The Labute approximate surface area is 134 Å². The molecule has 0 saturated carbocycles. The van der Waals surface area contributed by atoms with Crippen LogP contribution in [-0.2, 0) is 0 Å². The van der Waals surface area contributed by atoms with Gasteiger partial charge in [-0.15, -0.1) is 0 Å². The Kier molecular flexibility index (Phi) is 3.63. The van der Waals surface area contributed by atoms with Crippen molar-refractivity contribution >= 4 is 10.9 Å². The highest BCUT2D eigenvalue weighted by Gasteiger charge is 2.14. The van der Waals surface area contributed by atoms with Crippen molar-refractivity contribution in [1.82, 2.24) is 4.98 Å². The summed E-state index contributed by atoms with van der Waals surface area (Å²) < 4.78 is 0. The van der Waals surface area contributed by atoms with Crippen molar-refractivity contribution in [3.8, 4) is 28.7 Å². The summed E-state index contributed by atoms with van der Waals surface area (Å²) in [6.07, 6.45) is 1.61. The third-order valence-corrected chi connectivity index (χ3v) is 3.91. The highest BCUT2D eigenvalue weighted by atomic mass is 16.3. The number of phenols is 2. The van der Waals surface area contributed by atoms with Gasteiger partial charge in [-0.05, 0) is 47.4 Å². The van der Waals surface area contributed by atoms with Gasteiger partial charge in [-0.3, -0.25) is 4.98 Å². The van der Waals surface area contributed by atoms with Gasteiger partial charge < -0.3 is 10.2 Å². The summed E-state index contributed by atoms with van der Waals surface area (Å²) in [5, 5.41) is 30.4. The summed E-state index contributed by atoms with van der Waals surface area (Å²) in [6.45, 7) is 3.82. The van der Waals surface area contributed by atoms with Crippen LogP contribution >= 0.6 is 0 Å². The molecular weight excluding hydrogens is 288 g/mol. The third kappa shape index (κ3) is 2.58. The first-order valence-corrected chi connectivity index (χ1v) is 7.36. The summed E-state index contributed by atoms with van der Waals surface area (Å²) >= 11 is 0. The number of pyridine rings is 1. The second-order valence-corrected chi connectivity index (χ2v) is 5.79. The number of nitrogens with zero attached hydrogens (tertiary/aromatic N) is 2. The second kappa shape index (κ2) is 5.62. The minimum atomic E-state index is 0.0232. The van der Waals surface area contributed by atoms with Crippen LogP contribution in [0.5, 0.6) is 11.5 Å². The Morgan fingerprint density at radius 2 is 1.70 bits per heavy atom. The number of benzene rings is 2. The van der Waals surface area contributed by atoms with Crippen LogP contribution in [0.25, 0.3) is 22.0 Å². The molecule has 3 aromatic rings. The molecule has 0 fully saturated rings. The number of hydrogen-bond donors (Lipinski definition) is 2. The van der Waals surface area contributed by atoms with Crippen molar-refractivity contribution in [2.45, 2.75) is 19.8 Å². The minimum absolute atomic E-state index is 0.0232. The molecule has 0 atom stereocenters. The Morgan fingerprint density at radius 3 is 2.30 bits per heavy atom. The molecule has 0 saturated heterocycles. The lowest BCUT2D eigenvalue weighted by molar-refractivity contribution is 0.434. The van der Waals surface area contributed by atoms with Crippen LogP contribution in [-0.4, -0.2) is 15.2 Å². The van der Waals surface area contributed by atoms with Crippen LogP contribution in [0.2, 0.25) is 0 Å². The van der Waals surface area contributed by atoms with Crippen molar-refractivity contribution in [3.63, 3.8) is 0 Å². The quantitative estimate of drug-likeness (QED) is 0.739. The number of nitriles is 1. The first-order chi connectivity index (χ1) is 11.0. The first-order valence-electron chi connectivity index (χ1n) is 7.36. The maximum atomic E-state index is 10.2. The number of rotatable bonds is 2. The molecule has 23 heavy (non-hydrogen) atoms. The van der Waals surface area contributed by atoms with Gasteiger partial charge in [-0.25, -0.2) is 0 Å². The Bertz CT molecular complexity index is 917. The summed E-state index contributed by atoms with van der Waals surface area (Å²) in [7, 11) is 0. The highest BCUT2D eigenvalue weighted by Crippen LogP contribution is 2.38. The van der Waals surface area contributed by atoms with E-state index in [1.165, 1.54) is 0 Å².